The molecule has 13 heavy (non-hydrogen) atoms. The molecule has 0 unspecified atom stereocenters. The third-order valence-electron chi connectivity index (χ3n) is 2.52. The maximum atomic E-state index is 6.08. The summed E-state index contributed by atoms with van der Waals surface area (Å²) in [6.45, 7) is 5.22. The van der Waals surface area contributed by atoms with Gasteiger partial charge in [-0.2, -0.15) is 0 Å². The summed E-state index contributed by atoms with van der Waals surface area (Å²) < 4.78 is 5.53. The highest BCUT2D eigenvalue weighted by Gasteiger charge is 2.41. The maximum Gasteiger partial charge on any atom is 0.0912 e. The Bertz CT molecular complexity index is 320. The van der Waals surface area contributed by atoms with Gasteiger partial charge in [0.25, 0.3) is 0 Å². The fourth-order valence-electron chi connectivity index (χ4n) is 1.70. The molecular formula is C11H13ClO. The van der Waals surface area contributed by atoms with Gasteiger partial charge in [0.1, 0.15) is 0 Å². The molecule has 0 aromatic heterocycles. The molecule has 1 aromatic carbocycles. The molecule has 2 rings (SSSR count). The molecule has 1 heterocycles. The summed E-state index contributed by atoms with van der Waals surface area (Å²) in [5.41, 5.74) is 1.34. The first kappa shape index (κ1) is 9.04. The van der Waals surface area contributed by atoms with Crippen molar-refractivity contribution in [3.63, 3.8) is 0 Å². The van der Waals surface area contributed by atoms with Crippen molar-refractivity contribution < 1.29 is 4.74 Å². The number of ether oxygens (including phenoxy) is 1. The van der Waals surface area contributed by atoms with E-state index in [9.17, 15) is 0 Å². The zero-order chi connectivity index (χ0) is 9.47. The Morgan fingerprint density at radius 1 is 1.38 bits per heavy atom. The van der Waals surface area contributed by atoms with E-state index in [1.54, 1.807) is 0 Å². The molecule has 0 radical (unpaired) electrons. The van der Waals surface area contributed by atoms with Crippen molar-refractivity contribution >= 4 is 11.6 Å². The van der Waals surface area contributed by atoms with E-state index in [-0.39, 0.29) is 11.5 Å². The summed E-state index contributed by atoms with van der Waals surface area (Å²) in [4.78, 5) is 0. The van der Waals surface area contributed by atoms with Crippen molar-refractivity contribution in [1.82, 2.24) is 0 Å². The lowest BCUT2D eigenvalue weighted by molar-refractivity contribution is -0.171. The smallest absolute Gasteiger partial charge is 0.0912 e. The second-order valence-electron chi connectivity index (χ2n) is 4.20. The minimum absolute atomic E-state index is 0.168. The average molecular weight is 197 g/mol. The van der Waals surface area contributed by atoms with Crippen LogP contribution in [-0.2, 0) is 4.74 Å². The van der Waals surface area contributed by atoms with Crippen molar-refractivity contribution in [3.05, 3.63) is 34.9 Å². The van der Waals surface area contributed by atoms with Crippen LogP contribution in [0.5, 0.6) is 0 Å². The van der Waals surface area contributed by atoms with Crippen LogP contribution in [-0.4, -0.2) is 6.61 Å². The lowest BCUT2D eigenvalue weighted by atomic mass is 9.79. The van der Waals surface area contributed by atoms with Crippen LogP contribution >= 0.6 is 11.6 Å². The van der Waals surface area contributed by atoms with Gasteiger partial charge >= 0.3 is 0 Å². The van der Waals surface area contributed by atoms with E-state index in [0.29, 0.717) is 0 Å². The molecule has 1 fully saturated rings. The quantitative estimate of drug-likeness (QED) is 0.669. The van der Waals surface area contributed by atoms with E-state index in [4.69, 9.17) is 16.3 Å². The number of benzene rings is 1. The van der Waals surface area contributed by atoms with Crippen LogP contribution in [0, 0.1) is 5.41 Å². The SMILES string of the molecule is CC1(C)CO[C@@H]1c1ccccc1Cl. The summed E-state index contributed by atoms with van der Waals surface area (Å²) >= 11 is 6.08. The standard InChI is InChI=1S/C11H13ClO/c1-11(2)7-13-10(11)8-5-3-4-6-9(8)12/h3-6,10H,7H2,1-2H3/t10-/m1/s1. The predicted molar refractivity (Wildman–Crippen MR) is 53.9 cm³/mol. The van der Waals surface area contributed by atoms with Gasteiger partial charge in [0.15, 0.2) is 0 Å². The number of rotatable bonds is 1. The molecule has 0 bridgehead atoms. The molecule has 70 valence electrons. The summed E-state index contributed by atoms with van der Waals surface area (Å²) in [6.07, 6.45) is 0.168. The van der Waals surface area contributed by atoms with E-state index in [2.05, 4.69) is 13.8 Å². The topological polar surface area (TPSA) is 9.23 Å². The van der Waals surface area contributed by atoms with E-state index in [1.165, 1.54) is 0 Å². The first-order valence-corrected chi connectivity index (χ1v) is 4.85. The highest BCUT2D eigenvalue weighted by molar-refractivity contribution is 6.31. The number of hydrogen-bond acceptors (Lipinski definition) is 1. The van der Waals surface area contributed by atoms with Crippen LogP contribution in [0.25, 0.3) is 0 Å². The van der Waals surface area contributed by atoms with Gasteiger partial charge in [-0.1, -0.05) is 43.6 Å². The molecular weight excluding hydrogens is 184 g/mol. The van der Waals surface area contributed by atoms with Crippen LogP contribution < -0.4 is 0 Å². The highest BCUT2D eigenvalue weighted by Crippen LogP contribution is 2.47. The van der Waals surface area contributed by atoms with E-state index in [1.807, 2.05) is 24.3 Å². The van der Waals surface area contributed by atoms with Gasteiger partial charge < -0.3 is 4.74 Å². The monoisotopic (exact) mass is 196 g/mol. The fraction of sp³-hybridized carbons (Fsp3) is 0.455. The summed E-state index contributed by atoms with van der Waals surface area (Å²) in [7, 11) is 0. The van der Waals surface area contributed by atoms with Crippen molar-refractivity contribution in [2.45, 2.75) is 20.0 Å². The molecule has 1 aliphatic heterocycles. The van der Waals surface area contributed by atoms with Gasteiger partial charge in [0.05, 0.1) is 12.7 Å². The molecule has 0 N–H and O–H groups in total. The van der Waals surface area contributed by atoms with Crippen molar-refractivity contribution in [2.24, 2.45) is 5.41 Å². The normalized spacial score (nSPS) is 25.3. The zero-order valence-electron chi connectivity index (χ0n) is 7.88. The lowest BCUT2D eigenvalue weighted by Crippen LogP contribution is -2.40. The Morgan fingerprint density at radius 2 is 2.08 bits per heavy atom. The van der Waals surface area contributed by atoms with Crippen molar-refractivity contribution in [1.29, 1.82) is 0 Å². The van der Waals surface area contributed by atoms with Crippen molar-refractivity contribution in [2.75, 3.05) is 6.61 Å². The van der Waals surface area contributed by atoms with Crippen LogP contribution in [0.1, 0.15) is 25.5 Å². The van der Waals surface area contributed by atoms with Crippen LogP contribution in [0.2, 0.25) is 5.02 Å². The Labute approximate surface area is 83.7 Å². The Morgan fingerprint density at radius 3 is 2.54 bits per heavy atom. The predicted octanol–water partition coefficient (Wildman–Crippen LogP) is 3.44. The summed E-state index contributed by atoms with van der Waals surface area (Å²) in [6, 6.07) is 7.89. The van der Waals surface area contributed by atoms with Gasteiger partial charge in [0.2, 0.25) is 0 Å². The molecule has 1 atom stereocenters. The maximum absolute atomic E-state index is 6.08. The van der Waals surface area contributed by atoms with Gasteiger partial charge in [-0.25, -0.2) is 0 Å². The number of hydrogen-bond donors (Lipinski definition) is 0. The first-order chi connectivity index (χ1) is 6.11. The Balaban J connectivity index is 2.32. The molecule has 0 aliphatic carbocycles. The largest absolute Gasteiger partial charge is 0.372 e. The van der Waals surface area contributed by atoms with Gasteiger partial charge in [-0.15, -0.1) is 0 Å². The fourth-order valence-corrected chi connectivity index (χ4v) is 1.93. The second kappa shape index (κ2) is 3.00. The highest BCUT2D eigenvalue weighted by atomic mass is 35.5. The molecule has 0 saturated carbocycles. The van der Waals surface area contributed by atoms with E-state index in [0.717, 1.165) is 17.2 Å². The molecule has 0 amide bonds. The van der Waals surface area contributed by atoms with Crippen LogP contribution in [0.15, 0.2) is 24.3 Å². The molecule has 0 spiro atoms. The van der Waals surface area contributed by atoms with Crippen LogP contribution in [0.3, 0.4) is 0 Å². The van der Waals surface area contributed by atoms with Gasteiger partial charge in [-0.3, -0.25) is 0 Å². The Kier molecular flexibility index (Phi) is 2.09. The first-order valence-electron chi connectivity index (χ1n) is 4.47. The van der Waals surface area contributed by atoms with Crippen molar-refractivity contribution in [3.8, 4) is 0 Å². The lowest BCUT2D eigenvalue weighted by Gasteiger charge is -2.44. The van der Waals surface area contributed by atoms with E-state index < -0.39 is 0 Å². The molecule has 2 heteroatoms. The average Bonchev–Trinajstić information content (AvgIpc) is 2.07. The molecule has 1 aromatic rings. The van der Waals surface area contributed by atoms with Gasteiger partial charge in [0, 0.05) is 10.4 Å². The zero-order valence-corrected chi connectivity index (χ0v) is 8.64. The Hall–Kier alpha value is -0.530. The third-order valence-corrected chi connectivity index (χ3v) is 2.86. The minimum atomic E-state index is 0.168. The minimum Gasteiger partial charge on any atom is -0.372 e. The third kappa shape index (κ3) is 1.47. The summed E-state index contributed by atoms with van der Waals surface area (Å²) in [5.74, 6) is 0. The van der Waals surface area contributed by atoms with Gasteiger partial charge in [-0.05, 0) is 11.6 Å². The molecule has 1 nitrogen and oxygen atoms in total. The number of halogens is 1. The summed E-state index contributed by atoms with van der Waals surface area (Å²) in [5, 5.41) is 0.806. The van der Waals surface area contributed by atoms with E-state index >= 15 is 0 Å². The molecule has 1 aliphatic rings. The van der Waals surface area contributed by atoms with Crippen LogP contribution in [0.4, 0.5) is 0 Å². The second-order valence-corrected chi connectivity index (χ2v) is 4.61. The molecule has 1 saturated heterocycles.